The summed E-state index contributed by atoms with van der Waals surface area (Å²) in [4.78, 5) is 20.4. The Bertz CT molecular complexity index is 396. The van der Waals surface area contributed by atoms with Crippen molar-refractivity contribution in [2.24, 2.45) is 23.7 Å². The van der Waals surface area contributed by atoms with E-state index in [0.29, 0.717) is 11.8 Å². The largest absolute Gasteiger partial charge is 3.00 e. The van der Waals surface area contributed by atoms with Gasteiger partial charge in [0.15, 0.2) is 0 Å². The molecule has 0 amide bonds. The van der Waals surface area contributed by atoms with E-state index in [1.807, 2.05) is 0 Å². The van der Waals surface area contributed by atoms with Gasteiger partial charge in [-0.15, -0.1) is 0 Å². The van der Waals surface area contributed by atoms with Crippen LogP contribution >= 0.6 is 0 Å². The topological polar surface area (TPSA) is 80.3 Å². The Morgan fingerprint density at radius 2 is 1.04 bits per heavy atom. The van der Waals surface area contributed by atoms with Crippen molar-refractivity contribution < 1.29 is 85.2 Å². The van der Waals surface area contributed by atoms with Crippen LogP contribution in [0.5, 0.6) is 0 Å². The zero-order valence-corrected chi connectivity index (χ0v) is 23.0. The predicted molar refractivity (Wildman–Crippen MR) is 95.3 cm³/mol. The maximum atomic E-state index is 10.3. The average Bonchev–Trinajstić information content (AvgIpc) is 3.07. The minimum absolute atomic E-state index is 0. The van der Waals surface area contributed by atoms with Gasteiger partial charge in [0.1, 0.15) is 0 Å². The van der Waals surface area contributed by atoms with Crippen LogP contribution in [0, 0.1) is 23.7 Å². The molecule has 0 saturated heterocycles. The van der Waals surface area contributed by atoms with E-state index in [-0.39, 0.29) is 78.3 Å². The number of rotatable bonds is 8. The van der Waals surface area contributed by atoms with Gasteiger partial charge >= 0.3 is 65.4 Å². The van der Waals surface area contributed by atoms with Crippen LogP contribution in [0.25, 0.3) is 0 Å². The molecule has 2 aliphatic rings. The maximum absolute atomic E-state index is 10.3. The average molecular weight is 530 g/mol. The molecule has 146 valence electrons. The van der Waals surface area contributed by atoms with Gasteiger partial charge in [-0.2, -0.15) is 0 Å². The minimum atomic E-state index is -0.894. The monoisotopic (exact) mass is 530 g/mol. The zero-order valence-electron chi connectivity index (χ0n) is 17.3. The van der Waals surface area contributed by atoms with E-state index in [2.05, 4.69) is 13.8 Å². The Labute approximate surface area is 216 Å². The van der Waals surface area contributed by atoms with Crippen LogP contribution in [0.4, 0.5) is 0 Å². The first-order valence-corrected chi connectivity index (χ1v) is 10.3. The van der Waals surface area contributed by atoms with Gasteiger partial charge in [-0.05, 0) is 55.8 Å². The van der Waals surface area contributed by atoms with Crippen molar-refractivity contribution in [2.75, 3.05) is 0 Å². The summed E-state index contributed by atoms with van der Waals surface area (Å²) in [6.07, 6.45) is 13.5. The summed E-state index contributed by atoms with van der Waals surface area (Å²) < 4.78 is 0. The Morgan fingerprint density at radius 1 is 0.667 bits per heavy atom. The Kier molecular flexibility index (Phi) is 20.2. The smallest absolute Gasteiger partial charge is 0.550 e. The maximum Gasteiger partial charge on any atom is 3.00 e. The molecule has 2 aliphatic carbocycles. The quantitative estimate of drug-likeness (QED) is 0.484. The number of carboxylic acids is 2. The fraction of sp³-hybridized carbons (Fsp3) is 0.905. The molecule has 27 heavy (non-hydrogen) atoms. The van der Waals surface area contributed by atoms with Gasteiger partial charge in [0, 0.05) is 11.9 Å². The Balaban J connectivity index is 0. The fourth-order valence-corrected chi connectivity index (χ4v) is 4.38. The minimum Gasteiger partial charge on any atom is -0.550 e. The fourth-order valence-electron chi connectivity index (χ4n) is 4.38. The molecule has 0 spiro atoms. The first kappa shape index (κ1) is 30.3. The third kappa shape index (κ3) is 14.7. The molecule has 6 heteroatoms. The first-order valence-electron chi connectivity index (χ1n) is 10.3. The van der Waals surface area contributed by atoms with Gasteiger partial charge in [-0.1, -0.05) is 65.2 Å². The van der Waals surface area contributed by atoms with Gasteiger partial charge in [0.2, 0.25) is 0 Å². The molecular formula is C21H36O4Y2+4. The van der Waals surface area contributed by atoms with Crippen LogP contribution in [0.3, 0.4) is 0 Å². The summed E-state index contributed by atoms with van der Waals surface area (Å²) in [6, 6.07) is 0. The van der Waals surface area contributed by atoms with E-state index < -0.39 is 11.9 Å². The molecule has 2 fully saturated rings. The van der Waals surface area contributed by atoms with Crippen molar-refractivity contribution in [3.8, 4) is 0 Å². The van der Waals surface area contributed by atoms with E-state index in [0.717, 1.165) is 24.7 Å². The third-order valence-electron chi connectivity index (χ3n) is 6.28. The normalized spacial score (nSPS) is 26.7. The number of hydrogen-bond donors (Lipinski definition) is 0. The second-order valence-electron chi connectivity index (χ2n) is 8.07. The summed E-state index contributed by atoms with van der Waals surface area (Å²) in [5, 5.41) is 20.4. The zero-order chi connectivity index (χ0) is 18.7. The molecule has 4 nitrogen and oxygen atoms in total. The van der Waals surface area contributed by atoms with Gasteiger partial charge in [-0.25, -0.2) is 0 Å². The van der Waals surface area contributed by atoms with Gasteiger partial charge in [0.25, 0.3) is 0 Å². The third-order valence-corrected chi connectivity index (χ3v) is 6.28. The van der Waals surface area contributed by atoms with Gasteiger partial charge in [-0.3, -0.25) is 0 Å². The van der Waals surface area contributed by atoms with E-state index in [1.54, 1.807) is 0 Å². The molecule has 2 unspecified atom stereocenters. The molecule has 2 rings (SSSR count). The molecule has 0 aromatic rings. The Hall–Kier alpha value is 1.15. The van der Waals surface area contributed by atoms with E-state index in [1.165, 1.54) is 57.8 Å². The van der Waals surface area contributed by atoms with Gasteiger partial charge < -0.3 is 19.8 Å². The summed E-state index contributed by atoms with van der Waals surface area (Å²) in [6.45, 7) is 4.46. The Morgan fingerprint density at radius 3 is 1.44 bits per heavy atom. The standard InChI is InChI=1S/C11H20O2.C10H18O2.2Y/c1-2-9-3-5-10(6-4-9)7-8-11(12)13;1-2-8-3-4-9(7-8)5-6-10(11)12;;/h9-10H,2-8H2,1H3,(H,12,13);8-9H,2-7H2,1H3,(H,11,12);;/q;;2*+3/p-2. The summed E-state index contributed by atoms with van der Waals surface area (Å²) in [5.41, 5.74) is 0. The second kappa shape index (κ2) is 18.0. The van der Waals surface area contributed by atoms with Crippen LogP contribution in [0.1, 0.15) is 97.3 Å². The van der Waals surface area contributed by atoms with Crippen molar-refractivity contribution in [1.82, 2.24) is 0 Å². The molecule has 2 saturated carbocycles. The summed E-state index contributed by atoms with van der Waals surface area (Å²) in [7, 11) is 0. The molecule has 0 aromatic carbocycles. The van der Waals surface area contributed by atoms with Crippen molar-refractivity contribution in [3.63, 3.8) is 0 Å². The molecule has 0 bridgehead atoms. The van der Waals surface area contributed by atoms with Crippen molar-refractivity contribution in [3.05, 3.63) is 0 Å². The van der Waals surface area contributed by atoms with E-state index in [9.17, 15) is 19.8 Å². The molecule has 0 aromatic heterocycles. The number of aliphatic carboxylic acids is 2. The van der Waals surface area contributed by atoms with Crippen molar-refractivity contribution in [1.29, 1.82) is 0 Å². The van der Waals surface area contributed by atoms with Crippen LogP contribution in [0.2, 0.25) is 0 Å². The van der Waals surface area contributed by atoms with Crippen LogP contribution < -0.4 is 10.2 Å². The number of hydrogen-bond acceptors (Lipinski definition) is 4. The second-order valence-corrected chi connectivity index (χ2v) is 8.07. The molecule has 2 atom stereocenters. The molecule has 0 heterocycles. The molecular weight excluding hydrogens is 494 g/mol. The number of carbonyl (C=O) groups is 2. The summed E-state index contributed by atoms with van der Waals surface area (Å²) in [5.74, 6) is 1.29. The van der Waals surface area contributed by atoms with E-state index in [4.69, 9.17) is 0 Å². The number of carbonyl (C=O) groups excluding carboxylic acids is 2. The van der Waals surface area contributed by atoms with Crippen LogP contribution in [-0.4, -0.2) is 11.9 Å². The van der Waals surface area contributed by atoms with Gasteiger partial charge in [0.05, 0.1) is 0 Å². The molecule has 0 N–H and O–H groups in total. The first-order chi connectivity index (χ1) is 11.9. The van der Waals surface area contributed by atoms with Crippen LogP contribution in [0.15, 0.2) is 0 Å². The van der Waals surface area contributed by atoms with E-state index >= 15 is 0 Å². The molecule has 0 radical (unpaired) electrons. The van der Waals surface area contributed by atoms with Crippen molar-refractivity contribution >= 4 is 11.9 Å². The molecule has 0 aliphatic heterocycles. The predicted octanol–water partition coefficient (Wildman–Crippen LogP) is 3.07. The van der Waals surface area contributed by atoms with Crippen molar-refractivity contribution in [2.45, 2.75) is 97.3 Å². The SMILES string of the molecule is CCC1CCC(CCC(=O)[O-])C1.CCC1CCC(CCC(=O)[O-])CC1.[Y+3].[Y+3]. The number of carboxylic acid groups (broad SMARTS) is 2. The van der Waals surface area contributed by atoms with Crippen LogP contribution in [-0.2, 0) is 75.0 Å². The summed E-state index contributed by atoms with van der Waals surface area (Å²) >= 11 is 0.